The minimum Gasteiger partial charge on any atom is -0.469 e. The largest absolute Gasteiger partial charge is 0.469 e. The predicted molar refractivity (Wildman–Crippen MR) is 77.7 cm³/mol. The van der Waals surface area contributed by atoms with E-state index < -0.39 is 52.1 Å². The highest BCUT2D eigenvalue weighted by atomic mass is 32.2. The zero-order chi connectivity index (χ0) is 17.9. The standard InChI is InChI=1S/C14H18O9S/c1-3-11(15)21-7-13(17)22-14-9-4-8(6-12(16)20-2)10(5-9)23-24(14,18)19/h3,8-10,14H,1,4-7H2,2H3. The number of methoxy groups -OCH3 is 1. The van der Waals surface area contributed by atoms with Gasteiger partial charge in [-0.2, -0.15) is 8.42 Å². The maximum Gasteiger partial charge on any atom is 0.345 e. The molecule has 0 amide bonds. The predicted octanol–water partition coefficient (Wildman–Crippen LogP) is -0.0972. The summed E-state index contributed by atoms with van der Waals surface area (Å²) in [6.07, 6.45) is 0.972. The Morgan fingerprint density at radius 2 is 1.96 bits per heavy atom. The lowest BCUT2D eigenvalue weighted by Gasteiger charge is -2.28. The molecule has 1 saturated carbocycles. The molecule has 0 N–H and O–H groups in total. The van der Waals surface area contributed by atoms with Crippen molar-refractivity contribution in [1.82, 2.24) is 0 Å². The average molecular weight is 362 g/mol. The lowest BCUT2D eigenvalue weighted by atomic mass is 10.0. The second kappa shape index (κ2) is 7.31. The molecule has 9 nitrogen and oxygen atoms in total. The number of fused-ring (bicyclic) bond motifs is 2. The van der Waals surface area contributed by atoms with Crippen molar-refractivity contribution in [3.63, 3.8) is 0 Å². The Hall–Kier alpha value is -1.94. The maximum absolute atomic E-state index is 12.1. The van der Waals surface area contributed by atoms with Crippen molar-refractivity contribution in [1.29, 1.82) is 0 Å². The zero-order valence-electron chi connectivity index (χ0n) is 13.0. The van der Waals surface area contributed by atoms with Crippen LogP contribution in [0.2, 0.25) is 0 Å². The molecule has 2 fully saturated rings. The topological polar surface area (TPSA) is 122 Å². The van der Waals surface area contributed by atoms with Gasteiger partial charge in [0.1, 0.15) is 0 Å². The van der Waals surface area contributed by atoms with E-state index in [1.54, 1.807) is 0 Å². The third kappa shape index (κ3) is 4.12. The quantitative estimate of drug-likeness (QED) is 0.276. The van der Waals surface area contributed by atoms with E-state index in [4.69, 9.17) is 8.92 Å². The Kier molecular flexibility index (Phi) is 5.60. The van der Waals surface area contributed by atoms with Crippen LogP contribution in [0.5, 0.6) is 0 Å². The van der Waals surface area contributed by atoms with Gasteiger partial charge in [0, 0.05) is 12.0 Å². The number of carbonyl (C=O) groups is 3. The summed E-state index contributed by atoms with van der Waals surface area (Å²) < 4.78 is 43.3. The first-order valence-electron chi connectivity index (χ1n) is 7.24. The van der Waals surface area contributed by atoms with Gasteiger partial charge in [-0.15, -0.1) is 0 Å². The first-order valence-corrected chi connectivity index (χ1v) is 8.71. The fourth-order valence-corrected chi connectivity index (χ4v) is 4.56. The SMILES string of the molecule is C=CC(=O)OCC(=O)OC1C2CC(CC(=O)OC)C(C2)OS1(=O)=O. The van der Waals surface area contributed by atoms with Crippen molar-refractivity contribution in [3.8, 4) is 0 Å². The van der Waals surface area contributed by atoms with Crippen LogP contribution in [-0.2, 0) is 42.9 Å². The van der Waals surface area contributed by atoms with Crippen molar-refractivity contribution in [2.24, 2.45) is 11.8 Å². The van der Waals surface area contributed by atoms with Crippen LogP contribution in [0.4, 0.5) is 0 Å². The van der Waals surface area contributed by atoms with Crippen LogP contribution in [0.3, 0.4) is 0 Å². The molecule has 0 aromatic heterocycles. The minimum atomic E-state index is -4.13. The Bertz CT molecular complexity index is 639. The van der Waals surface area contributed by atoms with Gasteiger partial charge in [-0.25, -0.2) is 9.59 Å². The van der Waals surface area contributed by atoms with Gasteiger partial charge in [-0.3, -0.25) is 8.98 Å². The Morgan fingerprint density at radius 3 is 2.58 bits per heavy atom. The summed E-state index contributed by atoms with van der Waals surface area (Å²) in [4.78, 5) is 34.0. The van der Waals surface area contributed by atoms with Crippen molar-refractivity contribution < 1.29 is 41.2 Å². The van der Waals surface area contributed by atoms with E-state index in [1.165, 1.54) is 7.11 Å². The molecule has 2 bridgehead atoms. The van der Waals surface area contributed by atoms with Crippen LogP contribution in [0.1, 0.15) is 19.3 Å². The Labute approximate surface area is 139 Å². The Morgan fingerprint density at radius 1 is 1.25 bits per heavy atom. The fraction of sp³-hybridized carbons (Fsp3) is 0.643. The molecule has 10 heteroatoms. The van der Waals surface area contributed by atoms with Crippen molar-refractivity contribution in [2.45, 2.75) is 30.8 Å². The van der Waals surface area contributed by atoms with E-state index in [2.05, 4.69) is 16.1 Å². The van der Waals surface area contributed by atoms with E-state index in [9.17, 15) is 22.8 Å². The number of carbonyl (C=O) groups excluding carboxylic acids is 3. The first-order chi connectivity index (χ1) is 11.3. The molecule has 1 aliphatic heterocycles. The summed E-state index contributed by atoms with van der Waals surface area (Å²) in [6, 6.07) is 0. The second-order valence-corrected chi connectivity index (χ2v) is 7.21. The molecule has 2 aliphatic rings. The average Bonchev–Trinajstić information content (AvgIpc) is 2.86. The van der Waals surface area contributed by atoms with Gasteiger partial charge in [0.05, 0.1) is 19.6 Å². The highest BCUT2D eigenvalue weighted by Crippen LogP contribution is 2.45. The zero-order valence-corrected chi connectivity index (χ0v) is 13.8. The van der Waals surface area contributed by atoms with Crippen LogP contribution in [0.15, 0.2) is 12.7 Å². The molecular formula is C14H18O9S. The van der Waals surface area contributed by atoms with Crippen molar-refractivity contribution >= 4 is 28.0 Å². The van der Waals surface area contributed by atoms with E-state index in [0.717, 1.165) is 6.08 Å². The monoisotopic (exact) mass is 362 g/mol. The molecule has 4 unspecified atom stereocenters. The van der Waals surface area contributed by atoms with Gasteiger partial charge in [0.25, 0.3) is 0 Å². The van der Waals surface area contributed by atoms with E-state index in [-0.39, 0.29) is 12.3 Å². The molecule has 1 saturated heterocycles. The normalized spacial score (nSPS) is 30.2. The van der Waals surface area contributed by atoms with Gasteiger partial charge in [0.2, 0.25) is 5.44 Å². The van der Waals surface area contributed by atoms with Crippen molar-refractivity contribution in [3.05, 3.63) is 12.7 Å². The van der Waals surface area contributed by atoms with Gasteiger partial charge in [0.15, 0.2) is 6.61 Å². The number of esters is 3. The maximum atomic E-state index is 12.1. The lowest BCUT2D eigenvalue weighted by Crippen LogP contribution is -2.41. The molecule has 0 aromatic rings. The van der Waals surface area contributed by atoms with E-state index in [0.29, 0.717) is 12.8 Å². The number of hydrogen-bond acceptors (Lipinski definition) is 9. The molecule has 24 heavy (non-hydrogen) atoms. The third-order valence-electron chi connectivity index (χ3n) is 4.00. The highest BCUT2D eigenvalue weighted by molar-refractivity contribution is 7.87. The van der Waals surface area contributed by atoms with E-state index >= 15 is 0 Å². The summed E-state index contributed by atoms with van der Waals surface area (Å²) in [5.41, 5.74) is -1.48. The van der Waals surface area contributed by atoms with Gasteiger partial charge in [-0.1, -0.05) is 6.58 Å². The van der Waals surface area contributed by atoms with Crippen molar-refractivity contribution in [2.75, 3.05) is 13.7 Å². The van der Waals surface area contributed by atoms with E-state index in [1.807, 2.05) is 0 Å². The van der Waals surface area contributed by atoms with Gasteiger partial charge in [-0.05, 0) is 18.8 Å². The Balaban J connectivity index is 2.01. The molecule has 2 rings (SSSR count). The number of rotatable bonds is 6. The van der Waals surface area contributed by atoms with Crippen LogP contribution < -0.4 is 0 Å². The molecule has 0 radical (unpaired) electrons. The summed E-state index contributed by atoms with van der Waals surface area (Å²) in [5.74, 6) is -3.09. The third-order valence-corrected chi connectivity index (χ3v) is 5.56. The molecule has 0 aromatic carbocycles. The molecule has 134 valence electrons. The smallest absolute Gasteiger partial charge is 0.345 e. The summed E-state index contributed by atoms with van der Waals surface area (Å²) >= 11 is 0. The molecule has 0 spiro atoms. The molecule has 1 heterocycles. The van der Waals surface area contributed by atoms with Crippen LogP contribution >= 0.6 is 0 Å². The highest BCUT2D eigenvalue weighted by Gasteiger charge is 2.53. The minimum absolute atomic E-state index is 0.0325. The number of hydrogen-bond donors (Lipinski definition) is 0. The molecule has 4 atom stereocenters. The summed E-state index contributed by atoms with van der Waals surface area (Å²) in [7, 11) is -2.88. The molecular weight excluding hydrogens is 344 g/mol. The van der Waals surface area contributed by atoms with Crippen LogP contribution in [0, 0.1) is 11.8 Å². The van der Waals surface area contributed by atoms with Crippen LogP contribution in [0.25, 0.3) is 0 Å². The molecule has 1 aliphatic carbocycles. The van der Waals surface area contributed by atoms with Gasteiger partial charge < -0.3 is 14.2 Å². The van der Waals surface area contributed by atoms with Gasteiger partial charge >= 0.3 is 28.0 Å². The van der Waals surface area contributed by atoms with Crippen LogP contribution in [-0.4, -0.2) is 51.6 Å². The fourth-order valence-electron chi connectivity index (χ4n) is 2.95. The summed E-state index contributed by atoms with van der Waals surface area (Å²) in [6.45, 7) is 2.44. The number of ether oxygens (including phenoxy) is 3. The first kappa shape index (κ1) is 18.4. The summed E-state index contributed by atoms with van der Waals surface area (Å²) in [5, 5.41) is 0. The second-order valence-electron chi connectivity index (χ2n) is 5.57. The lowest BCUT2D eigenvalue weighted by molar-refractivity contribution is -0.159.